The van der Waals surface area contributed by atoms with Gasteiger partial charge in [0.2, 0.25) is 0 Å². The molecule has 2 saturated heterocycles. The topological polar surface area (TPSA) is 164 Å². The summed E-state index contributed by atoms with van der Waals surface area (Å²) in [7, 11) is 0. The van der Waals surface area contributed by atoms with Gasteiger partial charge < -0.3 is 33.5 Å². The minimum Gasteiger partial charge on any atom is -0.574 e. The number of cyclic esters (lactones) is 2. The average Bonchev–Trinajstić information content (AvgIpc) is 2.67. The Balaban J connectivity index is 1.45. The molecule has 3 aliphatic heterocycles. The number of hydrogen-bond acceptors (Lipinski definition) is 12. The van der Waals surface area contributed by atoms with Crippen molar-refractivity contribution in [1.82, 2.24) is 0 Å². The summed E-state index contributed by atoms with van der Waals surface area (Å²) in [6, 6.07) is 0. The molecule has 4 aliphatic rings. The first-order valence-corrected chi connectivity index (χ1v) is 10.0. The minimum atomic E-state index is -1.59. The van der Waals surface area contributed by atoms with Gasteiger partial charge in [-0.15, -0.1) is 0 Å². The molecule has 12 nitrogen and oxygen atoms in total. The van der Waals surface area contributed by atoms with Crippen LogP contribution < -0.4 is 5.11 Å². The molecule has 2 spiro atoms. The molecule has 0 unspecified atom stereocenters. The van der Waals surface area contributed by atoms with Gasteiger partial charge in [-0.1, -0.05) is 6.08 Å². The number of carbonyl (C=O) groups is 5. The summed E-state index contributed by atoms with van der Waals surface area (Å²) in [6.07, 6.45) is 2.53. The average molecular weight is 463 g/mol. The number of carbonyl (C=O) groups excluding carboxylic acids is 5. The number of hydrogen-bond donors (Lipinski definition) is 0. The van der Waals surface area contributed by atoms with E-state index in [1.54, 1.807) is 0 Å². The van der Waals surface area contributed by atoms with Crippen molar-refractivity contribution in [2.75, 3.05) is 0 Å². The van der Waals surface area contributed by atoms with Crippen molar-refractivity contribution >= 4 is 29.8 Å². The Morgan fingerprint density at radius 2 is 1.24 bits per heavy atom. The van der Waals surface area contributed by atoms with Crippen LogP contribution in [0, 0.1) is 0 Å². The van der Waals surface area contributed by atoms with Gasteiger partial charge in [-0.3, -0.25) is 9.59 Å². The molecule has 4 rings (SSSR count). The summed E-state index contributed by atoms with van der Waals surface area (Å²) < 4.78 is 30.9. The molecule has 0 bridgehead atoms. The number of ether oxygens (including phenoxy) is 6. The highest BCUT2D eigenvalue weighted by atomic mass is 16.8. The van der Waals surface area contributed by atoms with E-state index < -0.39 is 70.7 Å². The van der Waals surface area contributed by atoms with E-state index in [2.05, 4.69) is 0 Å². The minimum absolute atomic E-state index is 0.0249. The van der Waals surface area contributed by atoms with Gasteiger partial charge in [0, 0.05) is 39.5 Å². The van der Waals surface area contributed by atoms with E-state index in [1.807, 2.05) is 0 Å². The largest absolute Gasteiger partial charge is 0.574 e. The number of rotatable bonds is 2. The van der Waals surface area contributed by atoms with Crippen molar-refractivity contribution in [1.29, 1.82) is 0 Å². The van der Waals surface area contributed by atoms with Crippen molar-refractivity contribution in [2.24, 2.45) is 0 Å². The summed E-state index contributed by atoms with van der Waals surface area (Å²) in [5.41, 5.74) is -0.888. The van der Waals surface area contributed by atoms with Gasteiger partial charge in [-0.05, 0) is 12.2 Å². The van der Waals surface area contributed by atoms with Gasteiger partial charge in [0.1, 0.15) is 12.0 Å². The predicted molar refractivity (Wildman–Crippen MR) is 98.4 cm³/mol. The summed E-state index contributed by atoms with van der Waals surface area (Å²) in [5, 5.41) is 12.5. The quantitative estimate of drug-likeness (QED) is 0.176. The Morgan fingerprint density at radius 3 is 1.76 bits per heavy atom. The highest BCUT2D eigenvalue weighted by Gasteiger charge is 2.52. The van der Waals surface area contributed by atoms with Crippen LogP contribution in [-0.4, -0.2) is 47.2 Å². The smallest absolute Gasteiger partial charge is 0.348 e. The molecule has 0 N–H and O–H groups in total. The highest BCUT2D eigenvalue weighted by molar-refractivity contribution is 6.15. The fourth-order valence-corrected chi connectivity index (χ4v) is 3.77. The van der Waals surface area contributed by atoms with Crippen LogP contribution in [0.1, 0.15) is 46.0 Å². The molecule has 1 aliphatic carbocycles. The molecule has 0 aromatic rings. The van der Waals surface area contributed by atoms with E-state index in [0.717, 1.165) is 18.2 Å². The van der Waals surface area contributed by atoms with Crippen molar-refractivity contribution in [3.63, 3.8) is 0 Å². The number of esters is 5. The summed E-state index contributed by atoms with van der Waals surface area (Å²) in [6.45, 7) is 2.79. The zero-order valence-electron chi connectivity index (χ0n) is 17.7. The van der Waals surface area contributed by atoms with E-state index in [1.165, 1.54) is 13.8 Å². The zero-order valence-corrected chi connectivity index (χ0v) is 17.7. The van der Waals surface area contributed by atoms with Gasteiger partial charge in [-0.2, -0.15) is 0 Å². The van der Waals surface area contributed by atoms with Crippen LogP contribution in [-0.2, 0) is 52.4 Å². The Labute approximate surface area is 186 Å². The molecule has 3 heterocycles. The SMILES string of the molecule is CC1(C)OC(=O)C(=C/C=C/C2=C([O-])OC3(CCC4(CC3)OC(=O)CC(=O)O4)OC2=O)C(=O)O1. The molecule has 176 valence electrons. The van der Waals surface area contributed by atoms with Crippen LogP contribution in [0.2, 0.25) is 0 Å². The Bertz CT molecular complexity index is 995. The van der Waals surface area contributed by atoms with Crippen molar-refractivity contribution < 1.29 is 57.5 Å². The fourth-order valence-electron chi connectivity index (χ4n) is 3.77. The predicted octanol–water partition coefficient (Wildman–Crippen LogP) is -0.0929. The normalized spacial score (nSPS) is 25.8. The lowest BCUT2D eigenvalue weighted by Crippen LogP contribution is -2.54. The van der Waals surface area contributed by atoms with Gasteiger partial charge in [0.05, 0.1) is 11.5 Å². The Kier molecular flexibility index (Phi) is 5.18. The Morgan fingerprint density at radius 1 is 0.727 bits per heavy atom. The molecule has 0 radical (unpaired) electrons. The molecule has 33 heavy (non-hydrogen) atoms. The third kappa shape index (κ3) is 4.41. The van der Waals surface area contributed by atoms with Gasteiger partial charge in [0.15, 0.2) is 5.79 Å². The monoisotopic (exact) mass is 463 g/mol. The maximum Gasteiger partial charge on any atom is 0.348 e. The van der Waals surface area contributed by atoms with E-state index in [0.29, 0.717) is 0 Å². The lowest BCUT2D eigenvalue weighted by molar-refractivity contribution is -0.406. The molecular weight excluding hydrogens is 444 g/mol. The summed E-state index contributed by atoms with van der Waals surface area (Å²) >= 11 is 0. The summed E-state index contributed by atoms with van der Waals surface area (Å²) in [4.78, 5) is 59.5. The Hall–Kier alpha value is -3.83. The molecule has 0 aromatic carbocycles. The van der Waals surface area contributed by atoms with Crippen molar-refractivity contribution in [2.45, 2.75) is 63.3 Å². The second-order valence-electron chi connectivity index (χ2n) is 8.26. The van der Waals surface area contributed by atoms with E-state index in [9.17, 15) is 29.1 Å². The summed E-state index contributed by atoms with van der Waals surface area (Å²) in [5.74, 6) is -9.69. The molecule has 0 aromatic heterocycles. The highest BCUT2D eigenvalue weighted by Crippen LogP contribution is 2.45. The molecule has 0 amide bonds. The zero-order chi connectivity index (χ0) is 24.0. The van der Waals surface area contributed by atoms with E-state index in [4.69, 9.17) is 28.4 Å². The van der Waals surface area contributed by atoms with Crippen molar-refractivity contribution in [3.8, 4) is 0 Å². The van der Waals surface area contributed by atoms with Crippen LogP contribution in [0.25, 0.3) is 0 Å². The van der Waals surface area contributed by atoms with Crippen molar-refractivity contribution in [3.05, 3.63) is 35.3 Å². The van der Waals surface area contributed by atoms with E-state index in [-0.39, 0.29) is 25.7 Å². The first kappa shape index (κ1) is 22.4. The van der Waals surface area contributed by atoms with Gasteiger partial charge >= 0.3 is 29.8 Å². The molecule has 12 heteroatoms. The lowest BCUT2D eigenvalue weighted by Gasteiger charge is -2.50. The second-order valence-corrected chi connectivity index (χ2v) is 8.26. The van der Waals surface area contributed by atoms with Crippen LogP contribution >= 0.6 is 0 Å². The second kappa shape index (κ2) is 7.64. The standard InChI is InChI=1S/C21H20O12/c1-19(2)30-15(24)11(16(25)31-19)4-3-5-12-17(26)32-21(33-18(12)27)8-6-20(7-9-21)28-13(22)10-14(23)29-20/h3-5,26H,6-10H2,1-2H3/p-1/b5-3+. The molecule has 0 atom stereocenters. The fraction of sp³-hybridized carbons (Fsp3) is 0.476. The molecule has 3 fully saturated rings. The third-order valence-corrected chi connectivity index (χ3v) is 5.30. The molecular formula is C21H19O12-. The van der Waals surface area contributed by atoms with Gasteiger partial charge in [0.25, 0.3) is 11.6 Å². The van der Waals surface area contributed by atoms with Crippen LogP contribution in [0.15, 0.2) is 35.3 Å². The van der Waals surface area contributed by atoms with Gasteiger partial charge in [-0.25, -0.2) is 14.4 Å². The maximum absolute atomic E-state index is 12.5. The number of allylic oxidation sites excluding steroid dienone is 2. The maximum atomic E-state index is 12.5. The molecule has 1 saturated carbocycles. The van der Waals surface area contributed by atoms with E-state index >= 15 is 0 Å². The lowest BCUT2D eigenvalue weighted by atomic mass is 9.87. The van der Waals surface area contributed by atoms with Crippen LogP contribution in [0.3, 0.4) is 0 Å². The first-order chi connectivity index (χ1) is 15.4. The van der Waals surface area contributed by atoms with Crippen LogP contribution in [0.4, 0.5) is 0 Å². The third-order valence-electron chi connectivity index (χ3n) is 5.30. The van der Waals surface area contributed by atoms with Crippen LogP contribution in [0.5, 0.6) is 0 Å². The first-order valence-electron chi connectivity index (χ1n) is 10.0.